The monoisotopic (exact) mass is 530 g/mol. The number of pyridine rings is 1. The zero-order chi connectivity index (χ0) is 26.7. The molecular formula is C28H26N4O5S. The van der Waals surface area contributed by atoms with Gasteiger partial charge < -0.3 is 9.64 Å². The predicted octanol–water partition coefficient (Wildman–Crippen LogP) is 3.31. The maximum atomic E-state index is 14.0. The fourth-order valence-corrected chi connectivity index (χ4v) is 6.18. The first-order chi connectivity index (χ1) is 18.2. The van der Waals surface area contributed by atoms with Crippen molar-refractivity contribution in [3.63, 3.8) is 0 Å². The van der Waals surface area contributed by atoms with Crippen LogP contribution in [-0.4, -0.2) is 49.1 Å². The molecule has 3 aromatic rings. The van der Waals surface area contributed by atoms with Crippen molar-refractivity contribution in [2.24, 2.45) is 16.3 Å². The summed E-state index contributed by atoms with van der Waals surface area (Å²) >= 11 is 0. The van der Waals surface area contributed by atoms with E-state index in [2.05, 4.69) is 0 Å². The second kappa shape index (κ2) is 8.76. The minimum Gasteiger partial charge on any atom is -0.493 e. The molecule has 10 heteroatoms. The van der Waals surface area contributed by atoms with Crippen LogP contribution < -0.4 is 15.2 Å². The summed E-state index contributed by atoms with van der Waals surface area (Å²) < 4.78 is 32.1. The van der Waals surface area contributed by atoms with Crippen LogP contribution in [0.2, 0.25) is 0 Å². The Morgan fingerprint density at radius 2 is 1.79 bits per heavy atom. The molecule has 1 saturated heterocycles. The number of carbonyl (C=O) groups excluding carboxylic acids is 1. The molecule has 1 saturated carbocycles. The highest BCUT2D eigenvalue weighted by Gasteiger charge is 2.60. The number of benzene rings is 2. The van der Waals surface area contributed by atoms with Crippen molar-refractivity contribution in [1.29, 1.82) is 5.41 Å². The standard InChI is InChI=1S/C28H26N4O5S/c1-38(35,36)26(29)24-25(30-19-5-10-22-18(16-19)11-15-37-22)27(34)32(17-28(24)12-13-28)21-8-6-20(7-9-21)31-14-3-2-4-23(31)33/h2-10,14,16,24,29H,11-13,15,17H2,1H3. The number of hydrogen-bond donors (Lipinski definition) is 1. The van der Waals surface area contributed by atoms with E-state index >= 15 is 0 Å². The van der Waals surface area contributed by atoms with Gasteiger partial charge in [0.25, 0.3) is 11.5 Å². The fraction of sp³-hybridized carbons (Fsp3) is 0.286. The lowest BCUT2D eigenvalue weighted by Gasteiger charge is -2.39. The lowest BCUT2D eigenvalue weighted by molar-refractivity contribution is -0.113. The van der Waals surface area contributed by atoms with Crippen LogP contribution >= 0.6 is 0 Å². The first kappa shape index (κ1) is 24.3. The van der Waals surface area contributed by atoms with E-state index in [1.807, 2.05) is 6.07 Å². The Morgan fingerprint density at radius 1 is 1.05 bits per heavy atom. The highest BCUT2D eigenvalue weighted by Crippen LogP contribution is 2.56. The predicted molar refractivity (Wildman–Crippen MR) is 145 cm³/mol. The molecule has 38 heavy (non-hydrogen) atoms. The normalized spacial score (nSPS) is 20.9. The third-order valence-electron chi connectivity index (χ3n) is 7.56. The number of nitrogens with one attached hydrogen (secondary N) is 1. The van der Waals surface area contributed by atoms with E-state index in [4.69, 9.17) is 15.1 Å². The molecule has 1 amide bonds. The van der Waals surface area contributed by atoms with Gasteiger partial charge in [0.2, 0.25) is 0 Å². The SMILES string of the molecule is CS(=O)(=O)C(=N)C1C(=Nc2ccc3c(c2)CCO3)C(=O)N(c2ccc(-n3ccccc3=O)cc2)CC12CC2. The third-order valence-corrected chi connectivity index (χ3v) is 8.60. The lowest BCUT2D eigenvalue weighted by Crippen LogP contribution is -2.55. The van der Waals surface area contributed by atoms with Crippen molar-refractivity contribution in [3.8, 4) is 11.4 Å². The second-order valence-corrected chi connectivity index (χ2v) is 12.1. The minimum atomic E-state index is -3.83. The van der Waals surface area contributed by atoms with Crippen molar-refractivity contribution < 1.29 is 17.9 Å². The maximum absolute atomic E-state index is 14.0. The minimum absolute atomic E-state index is 0.0615. The number of anilines is 1. The number of hydrogen-bond acceptors (Lipinski definition) is 7. The summed E-state index contributed by atoms with van der Waals surface area (Å²) in [6.07, 6.45) is 4.80. The second-order valence-electron chi connectivity index (χ2n) is 10.1. The lowest BCUT2D eigenvalue weighted by atomic mass is 9.80. The number of carbonyl (C=O) groups is 1. The number of amides is 1. The van der Waals surface area contributed by atoms with Gasteiger partial charge in [-0.25, -0.2) is 13.4 Å². The summed E-state index contributed by atoms with van der Waals surface area (Å²) in [6, 6.07) is 17.4. The molecule has 9 nitrogen and oxygen atoms in total. The summed E-state index contributed by atoms with van der Waals surface area (Å²) in [5, 5.41) is 8.09. The van der Waals surface area contributed by atoms with E-state index in [-0.39, 0.29) is 17.8 Å². The number of fused-ring (bicyclic) bond motifs is 1. The summed E-state index contributed by atoms with van der Waals surface area (Å²) in [4.78, 5) is 32.5. The van der Waals surface area contributed by atoms with Crippen molar-refractivity contribution in [2.45, 2.75) is 19.3 Å². The highest BCUT2D eigenvalue weighted by molar-refractivity contribution is 8.05. The Hall–Kier alpha value is -4.05. The zero-order valence-electron chi connectivity index (χ0n) is 20.8. The molecule has 2 aliphatic heterocycles. The summed E-state index contributed by atoms with van der Waals surface area (Å²) in [7, 11) is -3.83. The first-order valence-corrected chi connectivity index (χ1v) is 14.3. The number of rotatable bonds is 4. The maximum Gasteiger partial charge on any atom is 0.273 e. The number of ether oxygens (including phenoxy) is 1. The Morgan fingerprint density at radius 3 is 2.47 bits per heavy atom. The van der Waals surface area contributed by atoms with Crippen LogP contribution in [-0.2, 0) is 21.1 Å². The number of piperidine rings is 1. The van der Waals surface area contributed by atoms with E-state index in [1.54, 1.807) is 59.6 Å². The fourth-order valence-electron chi connectivity index (χ4n) is 5.39. The molecule has 194 valence electrons. The van der Waals surface area contributed by atoms with Gasteiger partial charge in [-0.05, 0) is 66.9 Å². The van der Waals surface area contributed by atoms with Crippen LogP contribution in [0.5, 0.6) is 5.75 Å². The Labute approximate surface area is 219 Å². The van der Waals surface area contributed by atoms with Crippen LogP contribution in [0.4, 0.5) is 11.4 Å². The molecule has 1 N–H and O–H groups in total. The van der Waals surface area contributed by atoms with Gasteiger partial charge >= 0.3 is 0 Å². The molecule has 2 aromatic carbocycles. The highest BCUT2D eigenvalue weighted by atomic mass is 32.2. The van der Waals surface area contributed by atoms with E-state index in [9.17, 15) is 18.0 Å². The molecule has 3 aliphatic rings. The molecule has 1 spiro atoms. The van der Waals surface area contributed by atoms with Crippen LogP contribution in [0.25, 0.3) is 5.69 Å². The van der Waals surface area contributed by atoms with E-state index < -0.39 is 32.1 Å². The van der Waals surface area contributed by atoms with Crippen molar-refractivity contribution in [2.75, 3.05) is 24.3 Å². The van der Waals surface area contributed by atoms with Gasteiger partial charge in [0.1, 0.15) is 16.5 Å². The average Bonchev–Trinajstić information content (AvgIpc) is 3.50. The average molecular weight is 531 g/mol. The topological polar surface area (TPSA) is 122 Å². The molecule has 0 radical (unpaired) electrons. The van der Waals surface area contributed by atoms with Crippen LogP contribution in [0.3, 0.4) is 0 Å². The van der Waals surface area contributed by atoms with Gasteiger partial charge in [-0.1, -0.05) is 6.07 Å². The molecule has 1 aromatic heterocycles. The van der Waals surface area contributed by atoms with Gasteiger partial charge in [0.15, 0.2) is 9.84 Å². The van der Waals surface area contributed by atoms with Gasteiger partial charge in [0, 0.05) is 48.3 Å². The van der Waals surface area contributed by atoms with Crippen LogP contribution in [0.1, 0.15) is 18.4 Å². The Kier molecular flexibility index (Phi) is 5.60. The van der Waals surface area contributed by atoms with E-state index in [0.717, 1.165) is 24.0 Å². The number of nitrogens with zero attached hydrogens (tertiary/aromatic N) is 3. The van der Waals surface area contributed by atoms with Crippen molar-refractivity contribution in [3.05, 3.63) is 82.8 Å². The van der Waals surface area contributed by atoms with Crippen molar-refractivity contribution >= 4 is 37.9 Å². The van der Waals surface area contributed by atoms with Crippen LogP contribution in [0.15, 0.2) is 76.6 Å². The van der Waals surface area contributed by atoms with E-state index in [0.29, 0.717) is 36.5 Å². The van der Waals surface area contributed by atoms with Gasteiger partial charge in [-0.2, -0.15) is 0 Å². The number of aromatic nitrogens is 1. The number of aliphatic imine (C=N–C) groups is 1. The number of sulfone groups is 1. The third kappa shape index (κ3) is 4.14. The van der Waals surface area contributed by atoms with E-state index in [1.165, 1.54) is 10.6 Å². The summed E-state index contributed by atoms with van der Waals surface area (Å²) in [5.74, 6) is -0.558. The van der Waals surface area contributed by atoms with Crippen molar-refractivity contribution in [1.82, 2.24) is 4.57 Å². The van der Waals surface area contributed by atoms with Gasteiger partial charge in [-0.3, -0.25) is 19.6 Å². The molecule has 6 rings (SSSR count). The summed E-state index contributed by atoms with van der Waals surface area (Å²) in [6.45, 7) is 0.869. The smallest absolute Gasteiger partial charge is 0.273 e. The van der Waals surface area contributed by atoms with Crippen LogP contribution in [0, 0.1) is 16.7 Å². The quantitative estimate of drug-likeness (QED) is 0.410. The van der Waals surface area contributed by atoms with Gasteiger partial charge in [-0.15, -0.1) is 0 Å². The molecule has 1 aliphatic carbocycles. The molecular weight excluding hydrogens is 504 g/mol. The van der Waals surface area contributed by atoms with Gasteiger partial charge in [0.05, 0.1) is 18.2 Å². The largest absolute Gasteiger partial charge is 0.493 e. The summed E-state index contributed by atoms with van der Waals surface area (Å²) in [5.41, 5.74) is 2.12. The molecule has 1 atom stereocenters. The molecule has 3 heterocycles. The Bertz CT molecular complexity index is 1670. The molecule has 1 unspecified atom stereocenters. The Balaban J connectivity index is 1.42. The first-order valence-electron chi connectivity index (χ1n) is 12.4. The molecule has 2 fully saturated rings. The zero-order valence-corrected chi connectivity index (χ0v) is 21.6. The molecule has 0 bridgehead atoms.